The van der Waals surface area contributed by atoms with Crippen LogP contribution in [-0.2, 0) is 13.1 Å². The third-order valence-corrected chi connectivity index (χ3v) is 6.53. The van der Waals surface area contributed by atoms with E-state index in [1.54, 1.807) is 0 Å². The Morgan fingerprint density at radius 1 is 1.03 bits per heavy atom. The zero-order valence-corrected chi connectivity index (χ0v) is 18.6. The molecule has 1 saturated carbocycles. The van der Waals surface area contributed by atoms with Crippen LogP contribution < -0.4 is 20.3 Å². The highest BCUT2D eigenvalue weighted by Gasteiger charge is 2.22. The van der Waals surface area contributed by atoms with Crippen LogP contribution >= 0.6 is 11.8 Å². The molecule has 1 heterocycles. The van der Waals surface area contributed by atoms with Gasteiger partial charge in [0.25, 0.3) is 0 Å². The highest BCUT2D eigenvalue weighted by Crippen LogP contribution is 2.30. The summed E-state index contributed by atoms with van der Waals surface area (Å²) < 4.78 is 6.01. The number of benzene rings is 2. The molecule has 2 aliphatic rings. The first-order valence-corrected chi connectivity index (χ1v) is 12.0. The SMILES string of the molecule is CN=C(NCc1ccc(N2CCSCC2)cc1)NCc1ccccc1OCC1CC1. The predicted octanol–water partition coefficient (Wildman–Crippen LogP) is 3.89. The Morgan fingerprint density at radius 3 is 2.50 bits per heavy atom. The molecule has 0 spiro atoms. The first kappa shape index (κ1) is 20.9. The lowest BCUT2D eigenvalue weighted by Crippen LogP contribution is -2.36. The van der Waals surface area contributed by atoms with Crippen LogP contribution in [0.1, 0.15) is 24.0 Å². The highest BCUT2D eigenvalue weighted by atomic mass is 32.2. The standard InChI is InChI=1S/C24H32N4OS/c1-25-24(27-17-21-4-2-3-5-23(21)29-18-20-6-7-20)26-16-19-8-10-22(11-9-19)28-12-14-30-15-13-28/h2-5,8-11,20H,6-7,12-18H2,1H3,(H2,25,26,27). The minimum absolute atomic E-state index is 0.687. The monoisotopic (exact) mass is 424 g/mol. The van der Waals surface area contributed by atoms with Crippen molar-refractivity contribution in [2.45, 2.75) is 25.9 Å². The molecule has 1 saturated heterocycles. The van der Waals surface area contributed by atoms with Crippen molar-refractivity contribution in [1.29, 1.82) is 0 Å². The summed E-state index contributed by atoms with van der Waals surface area (Å²) in [6, 6.07) is 17.1. The summed E-state index contributed by atoms with van der Waals surface area (Å²) in [5.74, 6) is 4.96. The lowest BCUT2D eigenvalue weighted by atomic mass is 10.2. The van der Waals surface area contributed by atoms with Crippen LogP contribution in [0.5, 0.6) is 5.75 Å². The number of anilines is 1. The molecule has 160 valence electrons. The molecule has 0 radical (unpaired) electrons. The normalized spacial score (nSPS) is 17.0. The number of ether oxygens (including phenoxy) is 1. The molecule has 0 aromatic heterocycles. The molecule has 4 rings (SSSR count). The Hall–Kier alpha value is -2.34. The molecule has 2 aromatic rings. The van der Waals surface area contributed by atoms with Gasteiger partial charge in [-0.1, -0.05) is 30.3 Å². The van der Waals surface area contributed by atoms with Crippen molar-refractivity contribution >= 4 is 23.4 Å². The Morgan fingerprint density at radius 2 is 1.77 bits per heavy atom. The topological polar surface area (TPSA) is 48.9 Å². The van der Waals surface area contributed by atoms with Crippen LogP contribution in [-0.4, -0.2) is 44.2 Å². The fourth-order valence-corrected chi connectivity index (χ4v) is 4.42. The van der Waals surface area contributed by atoms with Crippen molar-refractivity contribution in [2.75, 3.05) is 43.1 Å². The third kappa shape index (κ3) is 6.08. The molecule has 2 aromatic carbocycles. The summed E-state index contributed by atoms with van der Waals surface area (Å²) in [5.41, 5.74) is 3.73. The van der Waals surface area contributed by atoms with Gasteiger partial charge in [-0.2, -0.15) is 11.8 Å². The van der Waals surface area contributed by atoms with Crippen LogP contribution in [0, 0.1) is 5.92 Å². The maximum atomic E-state index is 6.01. The molecule has 6 heteroatoms. The quantitative estimate of drug-likeness (QED) is 0.497. The van der Waals surface area contributed by atoms with Crippen molar-refractivity contribution in [3.05, 3.63) is 59.7 Å². The minimum atomic E-state index is 0.687. The lowest BCUT2D eigenvalue weighted by molar-refractivity contribution is 0.296. The molecular weight excluding hydrogens is 392 g/mol. The van der Waals surface area contributed by atoms with Crippen molar-refractivity contribution in [3.63, 3.8) is 0 Å². The van der Waals surface area contributed by atoms with Crippen LogP contribution in [0.15, 0.2) is 53.5 Å². The number of hydrogen-bond donors (Lipinski definition) is 2. The zero-order valence-electron chi connectivity index (χ0n) is 17.8. The molecule has 2 fully saturated rings. The van der Waals surface area contributed by atoms with E-state index in [4.69, 9.17) is 4.74 Å². The summed E-state index contributed by atoms with van der Waals surface area (Å²) in [6.45, 7) is 4.55. The summed E-state index contributed by atoms with van der Waals surface area (Å²) >= 11 is 2.04. The van der Waals surface area contributed by atoms with E-state index < -0.39 is 0 Å². The fraction of sp³-hybridized carbons (Fsp3) is 0.458. The van der Waals surface area contributed by atoms with Gasteiger partial charge in [0, 0.05) is 56.0 Å². The number of para-hydroxylation sites is 1. The molecule has 30 heavy (non-hydrogen) atoms. The Balaban J connectivity index is 1.26. The molecule has 1 aliphatic carbocycles. The van der Waals surface area contributed by atoms with Gasteiger partial charge in [-0.3, -0.25) is 4.99 Å². The van der Waals surface area contributed by atoms with Gasteiger partial charge < -0.3 is 20.3 Å². The van der Waals surface area contributed by atoms with E-state index in [2.05, 4.69) is 63.0 Å². The molecule has 1 aliphatic heterocycles. The minimum Gasteiger partial charge on any atom is -0.493 e. The average molecular weight is 425 g/mol. The maximum absolute atomic E-state index is 6.01. The largest absolute Gasteiger partial charge is 0.493 e. The van der Waals surface area contributed by atoms with Crippen LogP contribution in [0.25, 0.3) is 0 Å². The first-order valence-electron chi connectivity index (χ1n) is 10.9. The number of guanidine groups is 1. The molecule has 0 amide bonds. The van der Waals surface area contributed by atoms with E-state index in [9.17, 15) is 0 Å². The van der Waals surface area contributed by atoms with Gasteiger partial charge in [0.15, 0.2) is 5.96 Å². The van der Waals surface area contributed by atoms with Crippen molar-refractivity contribution < 1.29 is 4.74 Å². The third-order valence-electron chi connectivity index (χ3n) is 5.59. The number of rotatable bonds is 8. The molecule has 0 bridgehead atoms. The van der Waals surface area contributed by atoms with E-state index in [1.807, 2.05) is 24.9 Å². The second-order valence-corrected chi connectivity index (χ2v) is 9.13. The second kappa shape index (κ2) is 10.6. The summed E-state index contributed by atoms with van der Waals surface area (Å²) in [5, 5.41) is 6.83. The number of thioether (sulfide) groups is 1. The van der Waals surface area contributed by atoms with Crippen molar-refractivity contribution in [2.24, 2.45) is 10.9 Å². The van der Waals surface area contributed by atoms with Gasteiger partial charge in [0.1, 0.15) is 5.75 Å². The van der Waals surface area contributed by atoms with Crippen LogP contribution in [0.2, 0.25) is 0 Å². The van der Waals surface area contributed by atoms with E-state index in [1.165, 1.54) is 35.6 Å². The molecular formula is C24H32N4OS. The predicted molar refractivity (Wildman–Crippen MR) is 128 cm³/mol. The Labute approximate surface area is 184 Å². The number of nitrogens with one attached hydrogen (secondary N) is 2. The van der Waals surface area contributed by atoms with Crippen LogP contribution in [0.4, 0.5) is 5.69 Å². The molecule has 0 atom stereocenters. The highest BCUT2D eigenvalue weighted by molar-refractivity contribution is 7.99. The Bertz CT molecular complexity index is 829. The van der Waals surface area contributed by atoms with Crippen molar-refractivity contribution in [3.8, 4) is 5.75 Å². The van der Waals surface area contributed by atoms with Crippen LogP contribution in [0.3, 0.4) is 0 Å². The van der Waals surface area contributed by atoms with Gasteiger partial charge >= 0.3 is 0 Å². The zero-order chi connectivity index (χ0) is 20.6. The molecule has 2 N–H and O–H groups in total. The fourth-order valence-electron chi connectivity index (χ4n) is 3.51. The number of aliphatic imine (C=N–C) groups is 1. The van der Waals surface area contributed by atoms with E-state index in [-0.39, 0.29) is 0 Å². The molecule has 5 nitrogen and oxygen atoms in total. The van der Waals surface area contributed by atoms with Gasteiger partial charge in [-0.05, 0) is 42.5 Å². The number of hydrogen-bond acceptors (Lipinski definition) is 4. The first-order chi connectivity index (χ1) is 14.8. The van der Waals surface area contributed by atoms with Gasteiger partial charge in [-0.15, -0.1) is 0 Å². The summed E-state index contributed by atoms with van der Waals surface area (Å²) in [7, 11) is 1.81. The lowest BCUT2D eigenvalue weighted by Gasteiger charge is -2.28. The van der Waals surface area contributed by atoms with Gasteiger partial charge in [-0.25, -0.2) is 0 Å². The number of nitrogens with zero attached hydrogens (tertiary/aromatic N) is 2. The summed E-state index contributed by atoms with van der Waals surface area (Å²) in [4.78, 5) is 6.84. The smallest absolute Gasteiger partial charge is 0.191 e. The van der Waals surface area contributed by atoms with E-state index >= 15 is 0 Å². The van der Waals surface area contributed by atoms with Gasteiger partial charge in [0.05, 0.1) is 6.61 Å². The van der Waals surface area contributed by atoms with E-state index in [0.29, 0.717) is 6.54 Å². The Kier molecular flexibility index (Phi) is 7.40. The average Bonchev–Trinajstić information content (AvgIpc) is 3.64. The second-order valence-electron chi connectivity index (χ2n) is 7.91. The summed E-state index contributed by atoms with van der Waals surface area (Å²) in [6.07, 6.45) is 2.60. The van der Waals surface area contributed by atoms with E-state index in [0.717, 1.165) is 49.4 Å². The van der Waals surface area contributed by atoms with Crippen molar-refractivity contribution in [1.82, 2.24) is 10.6 Å². The molecule has 0 unspecified atom stereocenters. The maximum Gasteiger partial charge on any atom is 0.191 e. The van der Waals surface area contributed by atoms with Gasteiger partial charge in [0.2, 0.25) is 0 Å².